The molecule has 0 saturated carbocycles. The predicted molar refractivity (Wildman–Crippen MR) is 46.2 cm³/mol. The van der Waals surface area contributed by atoms with Gasteiger partial charge >= 0.3 is 0 Å². The number of aromatic amines is 1. The molecule has 3 heteroatoms. The second kappa shape index (κ2) is 3.09. The van der Waals surface area contributed by atoms with E-state index in [2.05, 4.69) is 10.2 Å². The molecule has 0 aliphatic rings. The van der Waals surface area contributed by atoms with Gasteiger partial charge in [-0.05, 0) is 30.4 Å². The number of H-pyrrole nitrogens is 1. The van der Waals surface area contributed by atoms with Crippen LogP contribution < -0.4 is 0 Å². The molecular weight excluding hydrogens is 152 g/mol. The van der Waals surface area contributed by atoms with Crippen LogP contribution in [-0.2, 0) is 0 Å². The van der Waals surface area contributed by atoms with Crippen molar-refractivity contribution >= 4 is 12.2 Å². The fraction of sp³-hybridized carbons (Fsp3) is 0. The van der Waals surface area contributed by atoms with Gasteiger partial charge in [0.05, 0.1) is 12.0 Å². The Bertz CT molecular complexity index is 310. The molecule has 0 aliphatic heterocycles. The number of aromatic nitrogens is 2. The molecule has 0 unspecified atom stereocenters. The maximum atomic E-state index is 5.11. The van der Waals surface area contributed by atoms with Crippen molar-refractivity contribution < 1.29 is 4.42 Å². The number of hydrogen-bond acceptors (Lipinski definition) is 2. The molecular formula is C9H8N2O. The highest BCUT2D eigenvalue weighted by Crippen LogP contribution is 2.05. The van der Waals surface area contributed by atoms with Crippen LogP contribution in [0.15, 0.2) is 35.1 Å². The lowest BCUT2D eigenvalue weighted by molar-refractivity contribution is 0.557. The van der Waals surface area contributed by atoms with Crippen molar-refractivity contribution in [2.75, 3.05) is 0 Å². The summed E-state index contributed by atoms with van der Waals surface area (Å²) in [6, 6.07) is 5.64. The van der Waals surface area contributed by atoms with Crippen molar-refractivity contribution in [2.24, 2.45) is 0 Å². The summed E-state index contributed by atoms with van der Waals surface area (Å²) in [6.07, 6.45) is 7.15. The number of nitrogens with zero attached hydrogens (tertiary/aromatic N) is 1. The highest BCUT2D eigenvalue weighted by atomic mass is 16.3. The standard InChI is InChI=1S/C9H8N2O/c1-2-9(12-7-1)4-3-8-5-6-10-11-8/h1-7H,(H,10,11)/b4-3-. The fourth-order valence-corrected chi connectivity index (χ4v) is 0.917. The van der Waals surface area contributed by atoms with Crippen LogP contribution in [0.4, 0.5) is 0 Å². The van der Waals surface area contributed by atoms with Gasteiger partial charge in [-0.1, -0.05) is 0 Å². The summed E-state index contributed by atoms with van der Waals surface area (Å²) in [5.41, 5.74) is 0.964. The van der Waals surface area contributed by atoms with E-state index in [0.29, 0.717) is 0 Å². The molecule has 0 radical (unpaired) electrons. The molecule has 0 fully saturated rings. The van der Waals surface area contributed by atoms with E-state index >= 15 is 0 Å². The van der Waals surface area contributed by atoms with E-state index in [9.17, 15) is 0 Å². The van der Waals surface area contributed by atoms with Crippen LogP contribution in [-0.4, -0.2) is 10.2 Å². The molecule has 0 amide bonds. The van der Waals surface area contributed by atoms with Gasteiger partial charge in [-0.3, -0.25) is 5.10 Å². The van der Waals surface area contributed by atoms with Crippen molar-refractivity contribution in [1.29, 1.82) is 0 Å². The summed E-state index contributed by atoms with van der Waals surface area (Å²) >= 11 is 0. The van der Waals surface area contributed by atoms with Gasteiger partial charge in [-0.15, -0.1) is 0 Å². The third-order valence-electron chi connectivity index (χ3n) is 1.49. The van der Waals surface area contributed by atoms with Crippen molar-refractivity contribution in [3.63, 3.8) is 0 Å². The van der Waals surface area contributed by atoms with Gasteiger partial charge < -0.3 is 4.42 Å². The quantitative estimate of drug-likeness (QED) is 0.731. The fourth-order valence-electron chi connectivity index (χ4n) is 0.917. The van der Waals surface area contributed by atoms with Crippen LogP contribution >= 0.6 is 0 Å². The molecule has 2 heterocycles. The van der Waals surface area contributed by atoms with E-state index in [-0.39, 0.29) is 0 Å². The Morgan fingerprint density at radius 3 is 3.00 bits per heavy atom. The lowest BCUT2D eigenvalue weighted by Crippen LogP contribution is -1.69. The topological polar surface area (TPSA) is 41.8 Å². The maximum absolute atomic E-state index is 5.11. The highest BCUT2D eigenvalue weighted by molar-refractivity contribution is 5.64. The molecule has 0 aliphatic carbocycles. The molecule has 60 valence electrons. The average Bonchev–Trinajstić information content (AvgIpc) is 2.74. The second-order valence-corrected chi connectivity index (χ2v) is 2.36. The van der Waals surface area contributed by atoms with Gasteiger partial charge in [0.2, 0.25) is 0 Å². The van der Waals surface area contributed by atoms with Gasteiger partial charge in [0.15, 0.2) is 0 Å². The lowest BCUT2D eigenvalue weighted by atomic mass is 10.3. The predicted octanol–water partition coefficient (Wildman–Crippen LogP) is 2.17. The molecule has 2 aromatic heterocycles. The molecule has 3 nitrogen and oxygen atoms in total. The molecule has 0 saturated heterocycles. The summed E-state index contributed by atoms with van der Waals surface area (Å²) in [4.78, 5) is 0. The van der Waals surface area contributed by atoms with Crippen LogP contribution in [0.1, 0.15) is 11.5 Å². The SMILES string of the molecule is C(=C/c1ccco1)/c1ccn[nH]1. The summed E-state index contributed by atoms with van der Waals surface area (Å²) in [7, 11) is 0. The third kappa shape index (κ3) is 1.45. The average molecular weight is 160 g/mol. The molecule has 2 aromatic rings. The first-order chi connectivity index (χ1) is 5.95. The molecule has 12 heavy (non-hydrogen) atoms. The van der Waals surface area contributed by atoms with Crippen LogP contribution in [0.5, 0.6) is 0 Å². The molecule has 0 bridgehead atoms. The van der Waals surface area contributed by atoms with Crippen LogP contribution in [0.25, 0.3) is 12.2 Å². The minimum atomic E-state index is 0.838. The zero-order chi connectivity index (χ0) is 8.23. The first kappa shape index (κ1) is 6.91. The van der Waals surface area contributed by atoms with Gasteiger partial charge in [0, 0.05) is 6.20 Å². The third-order valence-corrected chi connectivity index (χ3v) is 1.49. The van der Waals surface area contributed by atoms with Gasteiger partial charge in [0.25, 0.3) is 0 Å². The summed E-state index contributed by atoms with van der Waals surface area (Å²) < 4.78 is 5.11. The Balaban J connectivity index is 2.14. The first-order valence-corrected chi connectivity index (χ1v) is 3.66. The van der Waals surface area contributed by atoms with Crippen molar-refractivity contribution in [1.82, 2.24) is 10.2 Å². The van der Waals surface area contributed by atoms with Crippen molar-refractivity contribution in [3.8, 4) is 0 Å². The van der Waals surface area contributed by atoms with E-state index in [1.807, 2.05) is 30.4 Å². The summed E-state index contributed by atoms with van der Waals surface area (Å²) in [5, 5.41) is 6.64. The largest absolute Gasteiger partial charge is 0.465 e. The van der Waals surface area contributed by atoms with Gasteiger partial charge in [0.1, 0.15) is 5.76 Å². The first-order valence-electron chi connectivity index (χ1n) is 3.66. The summed E-state index contributed by atoms with van der Waals surface area (Å²) in [5.74, 6) is 0.838. The smallest absolute Gasteiger partial charge is 0.126 e. The van der Waals surface area contributed by atoms with Gasteiger partial charge in [-0.2, -0.15) is 5.10 Å². The van der Waals surface area contributed by atoms with Crippen molar-refractivity contribution in [3.05, 3.63) is 42.1 Å². The number of hydrogen-bond donors (Lipinski definition) is 1. The minimum absolute atomic E-state index is 0.838. The highest BCUT2D eigenvalue weighted by Gasteiger charge is 1.88. The van der Waals surface area contributed by atoms with E-state index in [1.165, 1.54) is 0 Å². The molecule has 0 atom stereocenters. The van der Waals surface area contributed by atoms with Crippen LogP contribution in [0.2, 0.25) is 0 Å². The minimum Gasteiger partial charge on any atom is -0.465 e. The number of furan rings is 1. The zero-order valence-electron chi connectivity index (χ0n) is 6.40. The Hall–Kier alpha value is -1.77. The normalized spacial score (nSPS) is 11.0. The Kier molecular flexibility index (Phi) is 1.78. The van der Waals surface area contributed by atoms with E-state index in [0.717, 1.165) is 11.5 Å². The Labute approximate surface area is 69.7 Å². The monoisotopic (exact) mass is 160 g/mol. The zero-order valence-corrected chi connectivity index (χ0v) is 6.40. The Morgan fingerprint density at radius 2 is 2.33 bits per heavy atom. The number of nitrogens with one attached hydrogen (secondary N) is 1. The van der Waals surface area contributed by atoms with Crippen LogP contribution in [0, 0.1) is 0 Å². The summed E-state index contributed by atoms with van der Waals surface area (Å²) in [6.45, 7) is 0. The molecule has 2 rings (SSSR count). The van der Waals surface area contributed by atoms with E-state index < -0.39 is 0 Å². The van der Waals surface area contributed by atoms with Gasteiger partial charge in [-0.25, -0.2) is 0 Å². The van der Waals surface area contributed by atoms with Crippen molar-refractivity contribution in [2.45, 2.75) is 0 Å². The molecule has 0 spiro atoms. The van der Waals surface area contributed by atoms with E-state index in [1.54, 1.807) is 12.5 Å². The Morgan fingerprint density at radius 1 is 1.33 bits per heavy atom. The second-order valence-electron chi connectivity index (χ2n) is 2.36. The van der Waals surface area contributed by atoms with E-state index in [4.69, 9.17) is 4.42 Å². The lowest BCUT2D eigenvalue weighted by Gasteiger charge is -1.82. The maximum Gasteiger partial charge on any atom is 0.126 e. The van der Waals surface area contributed by atoms with Crippen LogP contribution in [0.3, 0.4) is 0 Å². The number of rotatable bonds is 2. The molecule has 0 aromatic carbocycles. The molecule has 1 N–H and O–H groups in total.